The normalized spacial score (nSPS) is 11.1. The Morgan fingerprint density at radius 3 is 2.70 bits per heavy atom. The molecule has 8 heteroatoms. The first-order chi connectivity index (χ1) is 9.44. The molecule has 1 rings (SSSR count). The summed E-state index contributed by atoms with van der Waals surface area (Å²) in [6.45, 7) is -0.194. The Kier molecular flexibility index (Phi) is 6.26. The molecule has 0 aliphatic carbocycles. The standard InChI is InChI=1S/C12H17NO6S/c1-18-7-4-8-20(16,17)13-10-5-2-3-6-11(10)19-9-12(14)15/h2-3,5-6,13H,4,7-9H2,1H3,(H,14,15). The van der Waals surface area contributed by atoms with Crippen LogP contribution in [0, 0.1) is 0 Å². The highest BCUT2D eigenvalue weighted by Gasteiger charge is 2.13. The van der Waals surface area contributed by atoms with Crippen molar-refractivity contribution in [2.24, 2.45) is 0 Å². The molecule has 0 aliphatic heterocycles. The van der Waals surface area contributed by atoms with Crippen LogP contribution in [0.3, 0.4) is 0 Å². The van der Waals surface area contributed by atoms with Crippen LogP contribution >= 0.6 is 0 Å². The highest BCUT2D eigenvalue weighted by atomic mass is 32.2. The van der Waals surface area contributed by atoms with Crippen molar-refractivity contribution in [2.45, 2.75) is 6.42 Å². The summed E-state index contributed by atoms with van der Waals surface area (Å²) in [6.07, 6.45) is 0.365. The number of sulfonamides is 1. The molecule has 0 radical (unpaired) electrons. The quantitative estimate of drug-likeness (QED) is 0.658. The van der Waals surface area contributed by atoms with Gasteiger partial charge in [0.05, 0.1) is 11.4 Å². The fraction of sp³-hybridized carbons (Fsp3) is 0.417. The van der Waals surface area contributed by atoms with Crippen LogP contribution in [0.15, 0.2) is 24.3 Å². The number of carbonyl (C=O) groups is 1. The fourth-order valence-corrected chi connectivity index (χ4v) is 2.53. The van der Waals surface area contributed by atoms with Crippen molar-refractivity contribution in [1.29, 1.82) is 0 Å². The minimum atomic E-state index is -3.53. The number of rotatable bonds is 9. The molecule has 20 heavy (non-hydrogen) atoms. The maximum absolute atomic E-state index is 11.8. The summed E-state index contributed by atoms with van der Waals surface area (Å²) >= 11 is 0. The summed E-state index contributed by atoms with van der Waals surface area (Å²) in [4.78, 5) is 10.5. The molecule has 0 aliphatic rings. The summed E-state index contributed by atoms with van der Waals surface area (Å²) < 4.78 is 35.8. The smallest absolute Gasteiger partial charge is 0.341 e. The molecule has 1 aromatic rings. The monoisotopic (exact) mass is 303 g/mol. The molecule has 0 amide bonds. The zero-order valence-corrected chi connectivity index (χ0v) is 11.9. The maximum Gasteiger partial charge on any atom is 0.341 e. The summed E-state index contributed by atoms with van der Waals surface area (Å²) in [5.41, 5.74) is 0.214. The van der Waals surface area contributed by atoms with Gasteiger partial charge < -0.3 is 14.6 Å². The number of hydrogen-bond acceptors (Lipinski definition) is 5. The van der Waals surface area contributed by atoms with Gasteiger partial charge in [-0.25, -0.2) is 13.2 Å². The van der Waals surface area contributed by atoms with Gasteiger partial charge in [-0.05, 0) is 18.6 Å². The topological polar surface area (TPSA) is 102 Å². The summed E-state index contributed by atoms with van der Waals surface area (Å²) in [5, 5.41) is 8.56. The highest BCUT2D eigenvalue weighted by molar-refractivity contribution is 7.92. The van der Waals surface area contributed by atoms with Crippen molar-refractivity contribution >= 4 is 21.7 Å². The van der Waals surface area contributed by atoms with Gasteiger partial charge in [0.1, 0.15) is 5.75 Å². The fourth-order valence-electron chi connectivity index (χ4n) is 1.43. The number of ether oxygens (including phenoxy) is 2. The lowest BCUT2D eigenvalue weighted by atomic mass is 10.3. The highest BCUT2D eigenvalue weighted by Crippen LogP contribution is 2.24. The Morgan fingerprint density at radius 2 is 2.05 bits per heavy atom. The number of carboxylic acids is 1. The van der Waals surface area contributed by atoms with Gasteiger partial charge in [-0.2, -0.15) is 0 Å². The van der Waals surface area contributed by atoms with Crippen molar-refractivity contribution < 1.29 is 27.8 Å². The van der Waals surface area contributed by atoms with Crippen molar-refractivity contribution in [3.8, 4) is 5.75 Å². The molecule has 0 saturated carbocycles. The van der Waals surface area contributed by atoms with Crippen LogP contribution < -0.4 is 9.46 Å². The summed E-state index contributed by atoms with van der Waals surface area (Å²) in [6, 6.07) is 6.25. The first-order valence-corrected chi connectivity index (χ1v) is 7.53. The predicted octanol–water partition coefficient (Wildman–Crippen LogP) is 0.928. The zero-order valence-electron chi connectivity index (χ0n) is 11.0. The molecule has 0 unspecified atom stereocenters. The molecule has 0 heterocycles. The van der Waals surface area contributed by atoms with Crippen LogP contribution in [0.5, 0.6) is 5.75 Å². The number of hydrogen-bond donors (Lipinski definition) is 2. The van der Waals surface area contributed by atoms with Gasteiger partial charge in [-0.1, -0.05) is 12.1 Å². The summed E-state index contributed by atoms with van der Waals surface area (Å²) in [7, 11) is -2.03. The largest absolute Gasteiger partial charge is 0.480 e. The van der Waals surface area contributed by atoms with Gasteiger partial charge >= 0.3 is 5.97 Å². The molecule has 0 aromatic heterocycles. The van der Waals surface area contributed by atoms with E-state index in [1.54, 1.807) is 12.1 Å². The summed E-state index contributed by atoms with van der Waals surface area (Å²) in [5.74, 6) is -1.05. The minimum Gasteiger partial charge on any atom is -0.480 e. The van der Waals surface area contributed by atoms with Crippen LogP contribution in [0.25, 0.3) is 0 Å². The maximum atomic E-state index is 11.8. The van der Waals surface area contributed by atoms with E-state index in [0.717, 1.165) is 0 Å². The molecule has 0 bridgehead atoms. The molecule has 0 atom stereocenters. The number of benzene rings is 1. The van der Waals surface area contributed by atoms with Crippen LogP contribution in [-0.4, -0.2) is 45.6 Å². The Labute approximate surface area is 117 Å². The third-order valence-corrected chi connectivity index (χ3v) is 3.62. The van der Waals surface area contributed by atoms with E-state index in [1.807, 2.05) is 0 Å². The number of anilines is 1. The number of carboxylic acid groups (broad SMARTS) is 1. The zero-order chi connectivity index (χ0) is 15.0. The lowest BCUT2D eigenvalue weighted by Gasteiger charge is -2.12. The van der Waals surface area contributed by atoms with Crippen molar-refractivity contribution in [3.63, 3.8) is 0 Å². The van der Waals surface area contributed by atoms with Crippen molar-refractivity contribution in [2.75, 3.05) is 30.8 Å². The molecule has 2 N–H and O–H groups in total. The molecule has 0 fully saturated rings. The second-order valence-corrected chi connectivity index (χ2v) is 5.79. The van der Waals surface area contributed by atoms with Gasteiger partial charge in [-0.15, -0.1) is 0 Å². The molecule has 7 nitrogen and oxygen atoms in total. The molecule has 0 spiro atoms. The van der Waals surface area contributed by atoms with E-state index in [4.69, 9.17) is 14.6 Å². The van der Waals surface area contributed by atoms with E-state index in [0.29, 0.717) is 13.0 Å². The third kappa shape index (κ3) is 5.89. The van der Waals surface area contributed by atoms with E-state index < -0.39 is 22.6 Å². The van der Waals surface area contributed by atoms with Crippen LogP contribution in [0.1, 0.15) is 6.42 Å². The van der Waals surface area contributed by atoms with E-state index in [-0.39, 0.29) is 17.2 Å². The average Bonchev–Trinajstić information content (AvgIpc) is 2.37. The second kappa shape index (κ2) is 7.71. The number of para-hydroxylation sites is 2. The first-order valence-electron chi connectivity index (χ1n) is 5.87. The third-order valence-electron chi connectivity index (χ3n) is 2.27. The van der Waals surface area contributed by atoms with Crippen molar-refractivity contribution in [3.05, 3.63) is 24.3 Å². The molecule has 112 valence electrons. The van der Waals surface area contributed by atoms with Crippen LogP contribution in [0.2, 0.25) is 0 Å². The number of aliphatic carboxylic acids is 1. The lowest BCUT2D eigenvalue weighted by Crippen LogP contribution is -2.19. The minimum absolute atomic E-state index is 0.0892. The van der Waals surface area contributed by atoms with E-state index in [2.05, 4.69) is 4.72 Å². The van der Waals surface area contributed by atoms with Gasteiger partial charge in [0.25, 0.3) is 0 Å². The van der Waals surface area contributed by atoms with Crippen molar-refractivity contribution in [1.82, 2.24) is 0 Å². The van der Waals surface area contributed by atoms with E-state index in [9.17, 15) is 13.2 Å². The number of nitrogens with one attached hydrogen (secondary N) is 1. The van der Waals surface area contributed by atoms with E-state index in [1.165, 1.54) is 19.2 Å². The molecular weight excluding hydrogens is 286 g/mol. The predicted molar refractivity (Wildman–Crippen MR) is 73.5 cm³/mol. The Balaban J connectivity index is 2.73. The molecule has 1 aromatic carbocycles. The Bertz CT molecular complexity index is 543. The lowest BCUT2D eigenvalue weighted by molar-refractivity contribution is -0.139. The Morgan fingerprint density at radius 1 is 1.35 bits per heavy atom. The van der Waals surface area contributed by atoms with Crippen LogP contribution in [0.4, 0.5) is 5.69 Å². The van der Waals surface area contributed by atoms with Gasteiger partial charge in [0, 0.05) is 13.7 Å². The van der Waals surface area contributed by atoms with Crippen LogP contribution in [-0.2, 0) is 19.6 Å². The van der Waals surface area contributed by atoms with Gasteiger partial charge in [0.15, 0.2) is 6.61 Å². The first kappa shape index (κ1) is 16.3. The SMILES string of the molecule is COCCCS(=O)(=O)Nc1ccccc1OCC(=O)O. The van der Waals surface area contributed by atoms with Gasteiger partial charge in [0.2, 0.25) is 10.0 Å². The molecular formula is C12H17NO6S. The van der Waals surface area contributed by atoms with Gasteiger partial charge in [-0.3, -0.25) is 4.72 Å². The second-order valence-electron chi connectivity index (χ2n) is 3.95. The molecule has 0 saturated heterocycles. The van der Waals surface area contributed by atoms with E-state index >= 15 is 0 Å². The Hall–Kier alpha value is -1.80. The average molecular weight is 303 g/mol. The number of methoxy groups -OCH3 is 1.